The Morgan fingerprint density at radius 3 is 2.87 bits per heavy atom. The van der Waals surface area contributed by atoms with Gasteiger partial charge in [0.25, 0.3) is 0 Å². The number of nitrogens with zero attached hydrogens (tertiary/aromatic N) is 3. The van der Waals surface area contributed by atoms with Gasteiger partial charge in [-0.05, 0) is 51.4 Å². The number of rotatable bonds is 5. The molecule has 0 unspecified atom stereocenters. The van der Waals surface area contributed by atoms with E-state index in [0.29, 0.717) is 19.0 Å². The molecule has 6 nitrogen and oxygen atoms in total. The highest BCUT2D eigenvalue weighted by Crippen LogP contribution is 2.40. The number of aromatic nitrogens is 1. The highest BCUT2D eigenvalue weighted by Gasteiger charge is 2.53. The lowest BCUT2D eigenvalue weighted by molar-refractivity contribution is -0.0576. The molecule has 128 valence electrons. The van der Waals surface area contributed by atoms with Crippen molar-refractivity contribution in [2.24, 2.45) is 5.92 Å². The van der Waals surface area contributed by atoms with Crippen molar-refractivity contribution in [3.05, 3.63) is 24.5 Å². The van der Waals surface area contributed by atoms with E-state index in [-0.39, 0.29) is 10.4 Å². The SMILES string of the molecule is CCOC[C@H]1CCN(C)C2(C1)CN(S(=O)(=O)c1cccnc1)C2. The van der Waals surface area contributed by atoms with Crippen LogP contribution in [0, 0.1) is 5.92 Å². The molecule has 0 bridgehead atoms. The lowest BCUT2D eigenvalue weighted by Gasteiger charge is -2.57. The van der Waals surface area contributed by atoms with Crippen LogP contribution in [0.15, 0.2) is 29.4 Å². The zero-order valence-corrected chi connectivity index (χ0v) is 14.6. The Morgan fingerprint density at radius 2 is 2.22 bits per heavy atom. The second-order valence-electron chi connectivity index (χ2n) is 6.63. The maximum absolute atomic E-state index is 12.6. The maximum atomic E-state index is 12.6. The number of likely N-dealkylation sites (N-methyl/N-ethyl adjacent to an activating group) is 1. The lowest BCUT2D eigenvalue weighted by atomic mass is 9.77. The Morgan fingerprint density at radius 1 is 1.43 bits per heavy atom. The Bertz CT molecular complexity index is 627. The van der Waals surface area contributed by atoms with Gasteiger partial charge in [-0.3, -0.25) is 9.88 Å². The van der Waals surface area contributed by atoms with Gasteiger partial charge in [0.05, 0.1) is 0 Å². The van der Waals surface area contributed by atoms with Crippen molar-refractivity contribution in [2.45, 2.75) is 30.2 Å². The van der Waals surface area contributed by atoms with Crippen molar-refractivity contribution in [2.75, 3.05) is 39.9 Å². The number of pyridine rings is 1. The first kappa shape index (κ1) is 16.8. The standard InChI is InChI=1S/C16H25N3O3S/c1-3-22-11-14-6-8-18(2)16(9-14)12-19(13-16)23(20,21)15-5-4-7-17-10-15/h4-5,7,10,14H,3,6,8-9,11-13H2,1-2H3/t14-/m0/s1. The fourth-order valence-corrected chi connectivity index (χ4v) is 5.20. The molecule has 2 saturated heterocycles. The van der Waals surface area contributed by atoms with E-state index >= 15 is 0 Å². The summed E-state index contributed by atoms with van der Waals surface area (Å²) < 4.78 is 32.4. The smallest absolute Gasteiger partial charge is 0.244 e. The van der Waals surface area contributed by atoms with Crippen LogP contribution in [0.5, 0.6) is 0 Å². The second-order valence-corrected chi connectivity index (χ2v) is 8.56. The van der Waals surface area contributed by atoms with Gasteiger partial charge in [0, 0.05) is 44.2 Å². The second kappa shape index (κ2) is 6.47. The lowest BCUT2D eigenvalue weighted by Crippen LogP contribution is -2.72. The Hall–Kier alpha value is -1.02. The molecule has 23 heavy (non-hydrogen) atoms. The van der Waals surface area contributed by atoms with Crippen LogP contribution < -0.4 is 0 Å². The third kappa shape index (κ3) is 3.15. The van der Waals surface area contributed by atoms with E-state index in [1.54, 1.807) is 22.6 Å². The van der Waals surface area contributed by atoms with E-state index in [1.165, 1.54) is 6.20 Å². The minimum Gasteiger partial charge on any atom is -0.381 e. The fourth-order valence-electron chi connectivity index (χ4n) is 3.63. The largest absolute Gasteiger partial charge is 0.381 e. The highest BCUT2D eigenvalue weighted by atomic mass is 32.2. The number of piperidine rings is 1. The summed E-state index contributed by atoms with van der Waals surface area (Å²) in [5.41, 5.74) is -0.0324. The summed E-state index contributed by atoms with van der Waals surface area (Å²) in [7, 11) is -1.32. The zero-order valence-electron chi connectivity index (χ0n) is 13.8. The average molecular weight is 339 g/mol. The molecular weight excluding hydrogens is 314 g/mol. The number of hydrogen-bond donors (Lipinski definition) is 0. The van der Waals surface area contributed by atoms with E-state index in [0.717, 1.165) is 32.6 Å². The number of likely N-dealkylation sites (tertiary alicyclic amines) is 1. The first-order valence-corrected chi connectivity index (χ1v) is 9.61. The molecule has 3 rings (SSSR count). The fraction of sp³-hybridized carbons (Fsp3) is 0.688. The van der Waals surface area contributed by atoms with E-state index < -0.39 is 10.0 Å². The van der Waals surface area contributed by atoms with Crippen molar-refractivity contribution in [3.63, 3.8) is 0 Å². The van der Waals surface area contributed by atoms with Crippen molar-refractivity contribution in [1.29, 1.82) is 0 Å². The topological polar surface area (TPSA) is 62.7 Å². The summed E-state index contributed by atoms with van der Waals surface area (Å²) in [5.74, 6) is 0.523. The molecule has 1 spiro atoms. The van der Waals surface area contributed by atoms with Crippen LogP contribution >= 0.6 is 0 Å². The zero-order chi connectivity index (χ0) is 16.5. The predicted octanol–water partition coefficient (Wildman–Crippen LogP) is 1.20. The van der Waals surface area contributed by atoms with Crippen LogP contribution in [0.25, 0.3) is 0 Å². The molecule has 1 atom stereocenters. The van der Waals surface area contributed by atoms with Gasteiger partial charge >= 0.3 is 0 Å². The van der Waals surface area contributed by atoms with Gasteiger partial charge in [0.15, 0.2) is 0 Å². The summed E-state index contributed by atoms with van der Waals surface area (Å²) in [6.07, 6.45) is 5.13. The van der Waals surface area contributed by atoms with E-state index in [4.69, 9.17) is 4.74 Å². The van der Waals surface area contributed by atoms with Gasteiger partial charge < -0.3 is 4.74 Å². The van der Waals surface area contributed by atoms with Crippen LogP contribution in [-0.2, 0) is 14.8 Å². The number of sulfonamides is 1. The Labute approximate surface area is 138 Å². The molecule has 0 amide bonds. The normalized spacial score (nSPS) is 25.4. The monoisotopic (exact) mass is 339 g/mol. The maximum Gasteiger partial charge on any atom is 0.244 e. The van der Waals surface area contributed by atoms with Gasteiger partial charge in [0.2, 0.25) is 10.0 Å². The van der Waals surface area contributed by atoms with Crippen molar-refractivity contribution in [1.82, 2.24) is 14.2 Å². The molecule has 2 aliphatic heterocycles. The van der Waals surface area contributed by atoms with Crippen LogP contribution in [0.3, 0.4) is 0 Å². The van der Waals surface area contributed by atoms with Crippen LogP contribution in [0.4, 0.5) is 0 Å². The molecule has 3 heterocycles. The molecule has 1 aromatic heterocycles. The highest BCUT2D eigenvalue weighted by molar-refractivity contribution is 7.89. The van der Waals surface area contributed by atoms with Crippen LogP contribution in [0.2, 0.25) is 0 Å². The quantitative estimate of drug-likeness (QED) is 0.807. The summed E-state index contributed by atoms with van der Waals surface area (Å²) in [6.45, 7) is 5.64. The molecule has 1 aromatic rings. The number of ether oxygens (including phenoxy) is 1. The Kier molecular flexibility index (Phi) is 4.73. The van der Waals surface area contributed by atoms with Gasteiger partial charge in [0.1, 0.15) is 4.90 Å². The predicted molar refractivity (Wildman–Crippen MR) is 87.6 cm³/mol. The van der Waals surface area contributed by atoms with Crippen LogP contribution in [0.1, 0.15) is 19.8 Å². The summed E-state index contributed by atoms with van der Waals surface area (Å²) in [5, 5.41) is 0. The summed E-state index contributed by atoms with van der Waals surface area (Å²) in [4.78, 5) is 6.52. The molecule has 0 saturated carbocycles. The molecule has 2 fully saturated rings. The van der Waals surface area contributed by atoms with Gasteiger partial charge in [-0.2, -0.15) is 4.31 Å². The number of hydrogen-bond acceptors (Lipinski definition) is 5. The van der Waals surface area contributed by atoms with E-state index in [1.807, 2.05) is 6.92 Å². The first-order valence-electron chi connectivity index (χ1n) is 8.17. The third-order valence-corrected chi connectivity index (χ3v) is 6.90. The van der Waals surface area contributed by atoms with Crippen molar-refractivity contribution in [3.8, 4) is 0 Å². The molecule has 0 N–H and O–H groups in total. The average Bonchev–Trinajstić information content (AvgIpc) is 2.52. The third-order valence-electron chi connectivity index (χ3n) is 5.12. The minimum atomic E-state index is -3.42. The summed E-state index contributed by atoms with van der Waals surface area (Å²) in [6, 6.07) is 3.27. The molecule has 0 radical (unpaired) electrons. The van der Waals surface area contributed by atoms with Crippen molar-refractivity contribution >= 4 is 10.0 Å². The molecular formula is C16H25N3O3S. The van der Waals surface area contributed by atoms with E-state index in [2.05, 4.69) is 16.9 Å². The molecule has 2 aliphatic rings. The van der Waals surface area contributed by atoms with Crippen LogP contribution in [-0.4, -0.2) is 68.0 Å². The van der Waals surface area contributed by atoms with E-state index in [9.17, 15) is 8.42 Å². The first-order chi connectivity index (χ1) is 11.0. The molecule has 0 aliphatic carbocycles. The van der Waals surface area contributed by atoms with Gasteiger partial charge in [-0.25, -0.2) is 8.42 Å². The molecule has 7 heteroatoms. The Balaban J connectivity index is 1.68. The minimum absolute atomic E-state index is 0.0324. The van der Waals surface area contributed by atoms with Crippen molar-refractivity contribution < 1.29 is 13.2 Å². The van der Waals surface area contributed by atoms with Gasteiger partial charge in [-0.1, -0.05) is 0 Å². The van der Waals surface area contributed by atoms with Gasteiger partial charge in [-0.15, -0.1) is 0 Å². The summed E-state index contributed by atoms with van der Waals surface area (Å²) >= 11 is 0. The molecule has 0 aromatic carbocycles.